The van der Waals surface area contributed by atoms with Crippen molar-refractivity contribution in [3.63, 3.8) is 0 Å². The first-order chi connectivity index (χ1) is 9.81. The van der Waals surface area contributed by atoms with Crippen LogP contribution in [0.25, 0.3) is 6.08 Å². The zero-order chi connectivity index (χ0) is 15.9. The first-order valence-electron chi connectivity index (χ1n) is 6.62. The molecular weight excluding hydrogens is 336 g/mol. The maximum absolute atomic E-state index is 11.7. The van der Waals surface area contributed by atoms with Gasteiger partial charge in [-0.05, 0) is 53.9 Å². The molecule has 0 aromatic heterocycles. The maximum atomic E-state index is 11.7. The van der Waals surface area contributed by atoms with Gasteiger partial charge in [-0.2, -0.15) is 0 Å². The van der Waals surface area contributed by atoms with Crippen LogP contribution in [0.15, 0.2) is 30.8 Å². The third kappa shape index (κ3) is 7.09. The molecule has 0 unspecified atom stereocenters. The molecule has 0 atom stereocenters. The van der Waals surface area contributed by atoms with Crippen molar-refractivity contribution in [1.29, 1.82) is 0 Å². The summed E-state index contributed by atoms with van der Waals surface area (Å²) in [4.78, 5) is 23.2. The Morgan fingerprint density at radius 1 is 1.29 bits per heavy atom. The van der Waals surface area contributed by atoms with Crippen LogP contribution in [0.5, 0.6) is 0 Å². The number of ether oxygens (including phenoxy) is 2. The molecule has 0 amide bonds. The maximum Gasteiger partial charge on any atom is 0.338 e. The summed E-state index contributed by atoms with van der Waals surface area (Å²) < 4.78 is 9.51. The molecule has 0 heterocycles. The first kappa shape index (κ1) is 17.4. The predicted molar refractivity (Wildman–Crippen MR) is 85.1 cm³/mol. The number of benzene rings is 1. The standard InChI is InChI=1S/C16H19BrO4/c1-4-12-7-9-13(10-8-12)15(19)20-11-5-6-14(18)21-16(2,3)17/h4,7-10H,1,5-6,11H2,2-3H3. The summed E-state index contributed by atoms with van der Waals surface area (Å²) in [6.45, 7) is 7.29. The summed E-state index contributed by atoms with van der Waals surface area (Å²) in [7, 11) is 0. The van der Waals surface area contributed by atoms with E-state index >= 15 is 0 Å². The molecule has 1 rings (SSSR count). The van der Waals surface area contributed by atoms with E-state index in [9.17, 15) is 9.59 Å². The van der Waals surface area contributed by atoms with Gasteiger partial charge in [0.05, 0.1) is 12.2 Å². The van der Waals surface area contributed by atoms with Crippen LogP contribution in [-0.4, -0.2) is 23.1 Å². The van der Waals surface area contributed by atoms with Gasteiger partial charge in [0.15, 0.2) is 4.51 Å². The van der Waals surface area contributed by atoms with Gasteiger partial charge in [-0.15, -0.1) is 0 Å². The van der Waals surface area contributed by atoms with Crippen molar-refractivity contribution in [2.45, 2.75) is 31.2 Å². The van der Waals surface area contributed by atoms with Gasteiger partial charge < -0.3 is 9.47 Å². The fourth-order valence-corrected chi connectivity index (χ4v) is 1.72. The molecule has 1 aromatic carbocycles. The minimum absolute atomic E-state index is 0.180. The summed E-state index contributed by atoms with van der Waals surface area (Å²) >= 11 is 3.22. The van der Waals surface area contributed by atoms with Crippen LogP contribution in [0.2, 0.25) is 0 Å². The Morgan fingerprint density at radius 3 is 2.43 bits per heavy atom. The van der Waals surface area contributed by atoms with Gasteiger partial charge in [-0.1, -0.05) is 24.8 Å². The van der Waals surface area contributed by atoms with E-state index in [-0.39, 0.29) is 19.0 Å². The van der Waals surface area contributed by atoms with Crippen molar-refractivity contribution in [3.05, 3.63) is 42.0 Å². The van der Waals surface area contributed by atoms with Crippen LogP contribution in [0, 0.1) is 0 Å². The number of carbonyl (C=O) groups excluding carboxylic acids is 2. The summed E-state index contributed by atoms with van der Waals surface area (Å²) in [5.41, 5.74) is 1.41. The Morgan fingerprint density at radius 2 is 1.90 bits per heavy atom. The van der Waals surface area contributed by atoms with Gasteiger partial charge in [0.1, 0.15) is 0 Å². The molecule has 0 saturated heterocycles. The second-order valence-electron chi connectivity index (χ2n) is 4.90. The second kappa shape index (κ2) is 7.98. The number of halogens is 1. The molecule has 0 spiro atoms. The highest BCUT2D eigenvalue weighted by atomic mass is 79.9. The largest absolute Gasteiger partial charge is 0.462 e. The van der Waals surface area contributed by atoms with Gasteiger partial charge in [0.25, 0.3) is 0 Å². The van der Waals surface area contributed by atoms with Crippen molar-refractivity contribution in [2.75, 3.05) is 6.61 Å². The van der Waals surface area contributed by atoms with Gasteiger partial charge in [0.2, 0.25) is 0 Å². The number of hydrogen-bond donors (Lipinski definition) is 0. The SMILES string of the molecule is C=Cc1ccc(C(=O)OCCCC(=O)OC(C)(C)Br)cc1. The lowest BCUT2D eigenvalue weighted by Crippen LogP contribution is -2.20. The lowest BCUT2D eigenvalue weighted by Gasteiger charge is -2.17. The van der Waals surface area contributed by atoms with E-state index in [4.69, 9.17) is 9.47 Å². The number of rotatable bonds is 7. The zero-order valence-corrected chi connectivity index (χ0v) is 13.8. The van der Waals surface area contributed by atoms with Crippen molar-refractivity contribution < 1.29 is 19.1 Å². The predicted octanol–water partition coefficient (Wildman–Crippen LogP) is 3.94. The van der Waals surface area contributed by atoms with Crippen molar-refractivity contribution in [3.8, 4) is 0 Å². The Labute approximate surface area is 133 Å². The quantitative estimate of drug-likeness (QED) is 0.422. The highest BCUT2D eigenvalue weighted by Crippen LogP contribution is 2.18. The molecule has 0 aliphatic carbocycles. The normalized spacial score (nSPS) is 10.8. The van der Waals surface area contributed by atoms with Crippen LogP contribution in [0.1, 0.15) is 42.6 Å². The van der Waals surface area contributed by atoms with E-state index < -0.39 is 10.5 Å². The second-order valence-corrected chi connectivity index (χ2v) is 6.81. The van der Waals surface area contributed by atoms with E-state index in [2.05, 4.69) is 22.5 Å². The molecule has 5 heteroatoms. The molecule has 0 radical (unpaired) electrons. The molecule has 0 aliphatic heterocycles. The van der Waals surface area contributed by atoms with E-state index in [0.717, 1.165) is 5.56 Å². The topological polar surface area (TPSA) is 52.6 Å². The molecule has 114 valence electrons. The van der Waals surface area contributed by atoms with Crippen LogP contribution < -0.4 is 0 Å². The Bertz CT molecular complexity index is 500. The molecule has 4 nitrogen and oxygen atoms in total. The molecule has 0 saturated carbocycles. The summed E-state index contributed by atoms with van der Waals surface area (Å²) in [5, 5.41) is 0. The smallest absolute Gasteiger partial charge is 0.338 e. The molecule has 0 fully saturated rings. The summed E-state index contributed by atoms with van der Waals surface area (Å²) in [6.07, 6.45) is 2.34. The monoisotopic (exact) mass is 354 g/mol. The van der Waals surface area contributed by atoms with Crippen LogP contribution in [0.4, 0.5) is 0 Å². The molecule has 21 heavy (non-hydrogen) atoms. The third-order valence-electron chi connectivity index (χ3n) is 2.50. The zero-order valence-electron chi connectivity index (χ0n) is 12.2. The Kier molecular flexibility index (Phi) is 6.62. The van der Waals surface area contributed by atoms with E-state index in [1.807, 2.05) is 0 Å². The summed E-state index contributed by atoms with van der Waals surface area (Å²) in [5.74, 6) is -0.733. The average molecular weight is 355 g/mol. The number of carbonyl (C=O) groups is 2. The van der Waals surface area contributed by atoms with Gasteiger partial charge >= 0.3 is 11.9 Å². The molecule has 0 bridgehead atoms. The Balaban J connectivity index is 2.30. The number of hydrogen-bond acceptors (Lipinski definition) is 4. The third-order valence-corrected chi connectivity index (χ3v) is 2.66. The summed E-state index contributed by atoms with van der Waals surface area (Å²) in [6, 6.07) is 6.94. The molecule has 1 aromatic rings. The Hall–Kier alpha value is -1.62. The lowest BCUT2D eigenvalue weighted by atomic mass is 10.1. The van der Waals surface area contributed by atoms with E-state index in [1.54, 1.807) is 44.2 Å². The van der Waals surface area contributed by atoms with E-state index in [0.29, 0.717) is 12.0 Å². The molecular formula is C16H19BrO4. The average Bonchev–Trinajstić information content (AvgIpc) is 2.41. The van der Waals surface area contributed by atoms with Gasteiger partial charge in [-0.3, -0.25) is 4.79 Å². The van der Waals surface area contributed by atoms with Gasteiger partial charge in [0, 0.05) is 6.42 Å². The number of esters is 2. The highest BCUT2D eigenvalue weighted by Gasteiger charge is 2.18. The van der Waals surface area contributed by atoms with Crippen LogP contribution >= 0.6 is 15.9 Å². The van der Waals surface area contributed by atoms with Gasteiger partial charge in [-0.25, -0.2) is 4.79 Å². The van der Waals surface area contributed by atoms with Crippen LogP contribution in [0.3, 0.4) is 0 Å². The lowest BCUT2D eigenvalue weighted by molar-refractivity contribution is -0.149. The molecule has 0 aliphatic rings. The highest BCUT2D eigenvalue weighted by molar-refractivity contribution is 9.10. The first-order valence-corrected chi connectivity index (χ1v) is 7.41. The fourth-order valence-electron chi connectivity index (χ4n) is 1.54. The fraction of sp³-hybridized carbons (Fsp3) is 0.375. The number of alkyl halides is 1. The molecule has 0 N–H and O–H groups in total. The minimum Gasteiger partial charge on any atom is -0.462 e. The van der Waals surface area contributed by atoms with Crippen molar-refractivity contribution in [2.24, 2.45) is 0 Å². The minimum atomic E-state index is -0.673. The van der Waals surface area contributed by atoms with Crippen molar-refractivity contribution in [1.82, 2.24) is 0 Å². The van der Waals surface area contributed by atoms with E-state index in [1.165, 1.54) is 0 Å². The van der Waals surface area contributed by atoms with Crippen molar-refractivity contribution >= 4 is 33.9 Å². The van der Waals surface area contributed by atoms with Crippen LogP contribution in [-0.2, 0) is 14.3 Å².